The Labute approximate surface area is 193 Å². The number of rotatable bonds is 6. The van der Waals surface area contributed by atoms with E-state index in [4.69, 9.17) is 23.7 Å². The Morgan fingerprint density at radius 2 is 2.06 bits per heavy atom. The Balaban J connectivity index is 1.32. The van der Waals surface area contributed by atoms with Gasteiger partial charge in [0.25, 0.3) is 0 Å². The summed E-state index contributed by atoms with van der Waals surface area (Å²) < 4.78 is 27.5. The molecule has 2 fully saturated rings. The average Bonchev–Trinajstić information content (AvgIpc) is 3.40. The third kappa shape index (κ3) is 5.00. The molecule has 8 nitrogen and oxygen atoms in total. The van der Waals surface area contributed by atoms with Crippen molar-refractivity contribution in [2.75, 3.05) is 20.8 Å². The van der Waals surface area contributed by atoms with Gasteiger partial charge in [0.1, 0.15) is 18.8 Å². The number of alkyl carbamates (subject to hydrolysis) is 1. The topological polar surface area (TPSA) is 95.6 Å². The minimum absolute atomic E-state index is 0.0701. The molecule has 33 heavy (non-hydrogen) atoms. The smallest absolute Gasteiger partial charge is 0.407 e. The Morgan fingerprint density at radius 1 is 1.27 bits per heavy atom. The molecule has 0 bridgehead atoms. The first-order chi connectivity index (χ1) is 15.8. The van der Waals surface area contributed by atoms with Crippen molar-refractivity contribution in [2.24, 2.45) is 5.92 Å². The molecule has 1 N–H and O–H groups in total. The van der Waals surface area contributed by atoms with Gasteiger partial charge in [0.15, 0.2) is 11.5 Å². The largest absolute Gasteiger partial charge is 0.493 e. The van der Waals surface area contributed by atoms with E-state index in [2.05, 4.69) is 24.9 Å². The van der Waals surface area contributed by atoms with E-state index in [-0.39, 0.29) is 36.3 Å². The van der Waals surface area contributed by atoms with Gasteiger partial charge in [-0.3, -0.25) is 0 Å². The van der Waals surface area contributed by atoms with E-state index in [0.717, 1.165) is 24.0 Å². The second-order valence-corrected chi connectivity index (χ2v) is 8.91. The van der Waals surface area contributed by atoms with Crippen molar-refractivity contribution in [1.29, 1.82) is 0 Å². The summed E-state index contributed by atoms with van der Waals surface area (Å²) in [6.45, 7) is 6.48. The number of amides is 1. The van der Waals surface area contributed by atoms with E-state index in [1.54, 1.807) is 20.3 Å². The van der Waals surface area contributed by atoms with Gasteiger partial charge in [0, 0.05) is 18.0 Å². The molecule has 2 heterocycles. The zero-order valence-electron chi connectivity index (χ0n) is 19.3. The van der Waals surface area contributed by atoms with Crippen molar-refractivity contribution < 1.29 is 33.3 Å². The number of methoxy groups -OCH3 is 2. The summed E-state index contributed by atoms with van der Waals surface area (Å²) in [5.41, 5.74) is 2.10. The van der Waals surface area contributed by atoms with E-state index in [9.17, 15) is 9.59 Å². The fourth-order valence-electron chi connectivity index (χ4n) is 4.63. The molecule has 2 saturated heterocycles. The van der Waals surface area contributed by atoms with E-state index >= 15 is 0 Å². The molecule has 4 rings (SSSR count). The molecule has 0 radical (unpaired) electrons. The van der Waals surface area contributed by atoms with Gasteiger partial charge in [0.05, 0.1) is 19.8 Å². The number of allylic oxidation sites excluding steroid dienone is 1. The van der Waals surface area contributed by atoms with Gasteiger partial charge in [-0.2, -0.15) is 0 Å². The van der Waals surface area contributed by atoms with E-state index in [1.165, 1.54) is 0 Å². The lowest BCUT2D eigenvalue weighted by Gasteiger charge is -2.20. The maximum Gasteiger partial charge on any atom is 0.407 e. The second-order valence-electron chi connectivity index (χ2n) is 8.91. The summed E-state index contributed by atoms with van der Waals surface area (Å²) in [4.78, 5) is 24.4. The molecule has 0 saturated carbocycles. The molecule has 0 spiro atoms. The van der Waals surface area contributed by atoms with Gasteiger partial charge in [0.2, 0.25) is 0 Å². The lowest BCUT2D eigenvalue weighted by Crippen LogP contribution is -2.29. The van der Waals surface area contributed by atoms with E-state index in [0.29, 0.717) is 36.5 Å². The van der Waals surface area contributed by atoms with Crippen molar-refractivity contribution in [3.63, 3.8) is 0 Å². The minimum atomic E-state index is -0.498. The SMILES string of the molecule is C=C1C(=O)O[C@H]2[C@H]1CC/C(COC(=O)NCc1ccc(OC)c(OC)c1)=C\CC[C@@]1(C)O[C@@H]21. The number of esters is 1. The lowest BCUT2D eigenvalue weighted by atomic mass is 9.84. The monoisotopic (exact) mass is 457 g/mol. The highest BCUT2D eigenvalue weighted by Gasteiger charge is 2.61. The number of hydrogen-bond acceptors (Lipinski definition) is 7. The lowest BCUT2D eigenvalue weighted by molar-refractivity contribution is -0.140. The zero-order valence-corrected chi connectivity index (χ0v) is 19.3. The van der Waals surface area contributed by atoms with Crippen LogP contribution in [0.25, 0.3) is 0 Å². The molecule has 0 unspecified atom stereocenters. The van der Waals surface area contributed by atoms with Crippen LogP contribution in [0.5, 0.6) is 11.5 Å². The Bertz CT molecular complexity index is 972. The molecule has 1 amide bonds. The Hall–Kier alpha value is -3.00. The highest BCUT2D eigenvalue weighted by Crippen LogP contribution is 2.49. The Kier molecular flexibility index (Phi) is 6.65. The molecule has 3 aliphatic rings. The standard InChI is InChI=1S/C25H31NO7/c1-15-18-9-7-16(6-5-11-25(2)22(33-25)21(18)32-23(15)27)14-31-24(28)26-13-17-8-10-19(29-3)20(12-17)30-4/h6,8,10,12,18,21-22H,1,5,7,9,11,13-14H2,2-4H3,(H,26,28)/b16-6+/t18-,21-,22-,25+/m0/s1. The van der Waals surface area contributed by atoms with Gasteiger partial charge in [-0.1, -0.05) is 18.7 Å². The molecule has 8 heteroatoms. The average molecular weight is 458 g/mol. The van der Waals surface area contributed by atoms with E-state index < -0.39 is 6.09 Å². The van der Waals surface area contributed by atoms with Crippen molar-refractivity contribution in [2.45, 2.75) is 57.0 Å². The number of ether oxygens (including phenoxy) is 5. The van der Waals surface area contributed by atoms with Crippen LogP contribution < -0.4 is 14.8 Å². The predicted molar refractivity (Wildman–Crippen MR) is 120 cm³/mol. The number of fused-ring (bicyclic) bond motifs is 3. The number of nitrogens with one attached hydrogen (secondary N) is 1. The van der Waals surface area contributed by atoms with Crippen LogP contribution in [0.15, 0.2) is 42.0 Å². The molecular weight excluding hydrogens is 426 g/mol. The summed E-state index contributed by atoms with van der Waals surface area (Å²) in [5, 5.41) is 2.76. The highest BCUT2D eigenvalue weighted by molar-refractivity contribution is 5.91. The maximum atomic E-state index is 12.3. The van der Waals surface area contributed by atoms with Crippen LogP contribution in [0.4, 0.5) is 4.79 Å². The molecule has 1 aliphatic carbocycles. The summed E-state index contributed by atoms with van der Waals surface area (Å²) in [6.07, 6.45) is 4.30. The number of hydrogen-bond donors (Lipinski definition) is 1. The van der Waals surface area contributed by atoms with Crippen LogP contribution in [-0.4, -0.2) is 50.7 Å². The summed E-state index contributed by atoms with van der Waals surface area (Å²) in [5.74, 6) is 0.813. The first kappa shape index (κ1) is 23.2. The van der Waals surface area contributed by atoms with Gasteiger partial charge >= 0.3 is 12.1 Å². The highest BCUT2D eigenvalue weighted by atomic mass is 16.6. The Morgan fingerprint density at radius 3 is 2.82 bits per heavy atom. The first-order valence-corrected chi connectivity index (χ1v) is 11.2. The summed E-state index contributed by atoms with van der Waals surface area (Å²) >= 11 is 0. The second kappa shape index (κ2) is 9.47. The number of carbonyl (C=O) groups is 2. The van der Waals surface area contributed by atoms with Crippen molar-refractivity contribution in [3.05, 3.63) is 47.6 Å². The minimum Gasteiger partial charge on any atom is -0.493 e. The van der Waals surface area contributed by atoms with Crippen molar-refractivity contribution in [1.82, 2.24) is 5.32 Å². The van der Waals surface area contributed by atoms with Crippen LogP contribution in [0.3, 0.4) is 0 Å². The number of carbonyl (C=O) groups excluding carboxylic acids is 2. The van der Waals surface area contributed by atoms with Crippen LogP contribution in [0.1, 0.15) is 38.2 Å². The first-order valence-electron chi connectivity index (χ1n) is 11.2. The maximum absolute atomic E-state index is 12.3. The van der Waals surface area contributed by atoms with Crippen molar-refractivity contribution >= 4 is 12.1 Å². The van der Waals surface area contributed by atoms with Gasteiger partial charge in [-0.05, 0) is 55.9 Å². The third-order valence-electron chi connectivity index (χ3n) is 6.71. The zero-order chi connectivity index (χ0) is 23.6. The molecule has 4 atom stereocenters. The quantitative estimate of drug-likeness (QED) is 0.301. The molecule has 2 aliphatic heterocycles. The van der Waals surface area contributed by atoms with Crippen LogP contribution in [0, 0.1) is 5.92 Å². The summed E-state index contributed by atoms with van der Waals surface area (Å²) in [6, 6.07) is 5.46. The fraction of sp³-hybridized carbons (Fsp3) is 0.520. The molecule has 1 aromatic carbocycles. The predicted octanol–water partition coefficient (Wildman–Crippen LogP) is 3.69. The van der Waals surface area contributed by atoms with Gasteiger partial charge < -0.3 is 29.0 Å². The van der Waals surface area contributed by atoms with Crippen LogP contribution in [-0.2, 0) is 25.5 Å². The molecule has 0 aromatic heterocycles. The number of epoxide rings is 1. The summed E-state index contributed by atoms with van der Waals surface area (Å²) in [7, 11) is 3.14. The van der Waals surface area contributed by atoms with E-state index in [1.807, 2.05) is 12.1 Å². The van der Waals surface area contributed by atoms with Gasteiger partial charge in [-0.15, -0.1) is 0 Å². The van der Waals surface area contributed by atoms with Gasteiger partial charge in [-0.25, -0.2) is 9.59 Å². The fourth-order valence-corrected chi connectivity index (χ4v) is 4.63. The van der Waals surface area contributed by atoms with Crippen LogP contribution in [0.2, 0.25) is 0 Å². The molecule has 1 aromatic rings. The number of benzene rings is 1. The molecule has 178 valence electrons. The third-order valence-corrected chi connectivity index (χ3v) is 6.71. The molecular formula is C25H31NO7. The van der Waals surface area contributed by atoms with Crippen LogP contribution >= 0.6 is 0 Å². The normalized spacial score (nSPS) is 30.2. The van der Waals surface area contributed by atoms with Crippen molar-refractivity contribution in [3.8, 4) is 11.5 Å².